The van der Waals surface area contributed by atoms with Gasteiger partial charge in [-0.1, -0.05) is 31.9 Å². The lowest BCUT2D eigenvalue weighted by Crippen LogP contribution is -2.13. The van der Waals surface area contributed by atoms with Gasteiger partial charge >= 0.3 is 5.97 Å². The maximum absolute atomic E-state index is 11.2. The van der Waals surface area contributed by atoms with Crippen LogP contribution < -0.4 is 0 Å². The number of hydrogen-bond donors (Lipinski definition) is 0. The molecule has 0 heterocycles. The fraction of sp³-hybridized carbons (Fsp3) is 0.643. The summed E-state index contributed by atoms with van der Waals surface area (Å²) in [5, 5.41) is 0.309. The van der Waals surface area contributed by atoms with Crippen LogP contribution in [0.5, 0.6) is 0 Å². The van der Waals surface area contributed by atoms with Gasteiger partial charge in [0.15, 0.2) is 0 Å². The van der Waals surface area contributed by atoms with E-state index in [0.717, 1.165) is 6.42 Å². The van der Waals surface area contributed by atoms with E-state index < -0.39 is 0 Å². The standard InChI is InChI=1S/C14H24O2S/c1-5-8-9-12(6-2)13(17-4)10-11-14(15)16-7-3/h6,10-13H,2,5,7-9H2,1,3-4H3. The molecule has 0 aliphatic carbocycles. The molecule has 0 bridgehead atoms. The smallest absolute Gasteiger partial charge is 0.330 e. The van der Waals surface area contributed by atoms with Crippen LogP contribution in [-0.4, -0.2) is 24.1 Å². The van der Waals surface area contributed by atoms with Crippen molar-refractivity contribution in [2.24, 2.45) is 5.92 Å². The molecule has 0 aliphatic heterocycles. The van der Waals surface area contributed by atoms with Crippen LogP contribution in [0.3, 0.4) is 0 Å². The predicted octanol–water partition coefficient (Wildman–Crippen LogP) is 3.83. The molecule has 0 amide bonds. The van der Waals surface area contributed by atoms with Gasteiger partial charge in [-0.05, 0) is 25.5 Å². The minimum Gasteiger partial charge on any atom is -0.463 e. The summed E-state index contributed by atoms with van der Waals surface area (Å²) in [6, 6.07) is 0. The Morgan fingerprint density at radius 1 is 1.47 bits per heavy atom. The number of carbonyl (C=O) groups excluding carboxylic acids is 1. The lowest BCUT2D eigenvalue weighted by Gasteiger charge is -2.19. The molecule has 0 radical (unpaired) electrons. The third kappa shape index (κ3) is 7.27. The first-order chi connectivity index (χ1) is 8.19. The van der Waals surface area contributed by atoms with Crippen molar-refractivity contribution in [1.82, 2.24) is 0 Å². The molecule has 0 spiro atoms. The fourth-order valence-corrected chi connectivity index (χ4v) is 2.45. The first kappa shape index (κ1) is 16.3. The number of rotatable bonds is 9. The van der Waals surface area contributed by atoms with E-state index in [9.17, 15) is 4.79 Å². The Labute approximate surface area is 110 Å². The highest BCUT2D eigenvalue weighted by Gasteiger charge is 2.14. The zero-order valence-electron chi connectivity index (χ0n) is 11.1. The molecule has 17 heavy (non-hydrogen) atoms. The van der Waals surface area contributed by atoms with Gasteiger partial charge in [0.1, 0.15) is 0 Å². The average molecular weight is 256 g/mol. The molecule has 0 rings (SSSR count). The predicted molar refractivity (Wildman–Crippen MR) is 76.3 cm³/mol. The van der Waals surface area contributed by atoms with Crippen LogP contribution in [0.4, 0.5) is 0 Å². The van der Waals surface area contributed by atoms with Gasteiger partial charge in [0.25, 0.3) is 0 Å². The van der Waals surface area contributed by atoms with Gasteiger partial charge in [0.2, 0.25) is 0 Å². The number of unbranched alkanes of at least 4 members (excludes halogenated alkanes) is 1. The van der Waals surface area contributed by atoms with Crippen molar-refractivity contribution in [3.8, 4) is 0 Å². The molecule has 0 aromatic heterocycles. The maximum Gasteiger partial charge on any atom is 0.330 e. The summed E-state index contributed by atoms with van der Waals surface area (Å²) in [6.45, 7) is 8.30. The molecule has 0 aliphatic rings. The van der Waals surface area contributed by atoms with E-state index in [1.165, 1.54) is 18.9 Å². The van der Waals surface area contributed by atoms with Crippen molar-refractivity contribution >= 4 is 17.7 Å². The van der Waals surface area contributed by atoms with E-state index >= 15 is 0 Å². The van der Waals surface area contributed by atoms with E-state index in [0.29, 0.717) is 17.8 Å². The average Bonchev–Trinajstić information content (AvgIpc) is 2.33. The van der Waals surface area contributed by atoms with E-state index in [-0.39, 0.29) is 5.97 Å². The van der Waals surface area contributed by atoms with Crippen LogP contribution in [0, 0.1) is 5.92 Å². The molecule has 0 saturated heterocycles. The van der Waals surface area contributed by atoms with E-state index in [2.05, 4.69) is 19.8 Å². The van der Waals surface area contributed by atoms with Gasteiger partial charge in [-0.25, -0.2) is 4.79 Å². The van der Waals surface area contributed by atoms with Gasteiger partial charge in [-0.2, -0.15) is 11.8 Å². The SMILES string of the molecule is C=CC(CCCC)C(C=CC(=O)OCC)SC. The van der Waals surface area contributed by atoms with Gasteiger partial charge in [0.05, 0.1) is 6.61 Å². The summed E-state index contributed by atoms with van der Waals surface area (Å²) in [4.78, 5) is 11.2. The lowest BCUT2D eigenvalue weighted by atomic mass is 9.98. The summed E-state index contributed by atoms with van der Waals surface area (Å²) in [6.07, 6.45) is 11.0. The molecule has 98 valence electrons. The van der Waals surface area contributed by atoms with Crippen LogP contribution in [0.15, 0.2) is 24.8 Å². The maximum atomic E-state index is 11.2. The van der Waals surface area contributed by atoms with Crippen molar-refractivity contribution < 1.29 is 9.53 Å². The molecule has 0 aromatic carbocycles. The highest BCUT2D eigenvalue weighted by molar-refractivity contribution is 7.99. The molecule has 0 N–H and O–H groups in total. The largest absolute Gasteiger partial charge is 0.463 e. The zero-order chi connectivity index (χ0) is 13.1. The van der Waals surface area contributed by atoms with Crippen molar-refractivity contribution in [1.29, 1.82) is 0 Å². The Morgan fingerprint density at radius 2 is 2.18 bits per heavy atom. The molecule has 2 unspecified atom stereocenters. The minimum atomic E-state index is -0.259. The number of allylic oxidation sites excluding steroid dienone is 1. The number of ether oxygens (including phenoxy) is 1. The Kier molecular flexibility index (Phi) is 10.0. The highest BCUT2D eigenvalue weighted by atomic mass is 32.2. The van der Waals surface area contributed by atoms with Crippen LogP contribution in [0.2, 0.25) is 0 Å². The van der Waals surface area contributed by atoms with Gasteiger partial charge in [-0.3, -0.25) is 0 Å². The van der Waals surface area contributed by atoms with Gasteiger partial charge < -0.3 is 4.74 Å². The molecule has 0 saturated carbocycles. The van der Waals surface area contributed by atoms with Crippen LogP contribution in [-0.2, 0) is 9.53 Å². The third-order valence-electron chi connectivity index (χ3n) is 2.60. The Bertz CT molecular complexity index is 249. The second-order valence-electron chi connectivity index (χ2n) is 3.85. The van der Waals surface area contributed by atoms with Gasteiger partial charge in [-0.15, -0.1) is 6.58 Å². The fourth-order valence-electron chi connectivity index (χ4n) is 1.62. The summed E-state index contributed by atoms with van der Waals surface area (Å²) in [5.74, 6) is 0.167. The first-order valence-electron chi connectivity index (χ1n) is 6.19. The first-order valence-corrected chi connectivity index (χ1v) is 7.48. The molecule has 2 atom stereocenters. The normalized spacial score (nSPS) is 14.5. The lowest BCUT2D eigenvalue weighted by molar-refractivity contribution is -0.137. The monoisotopic (exact) mass is 256 g/mol. The second kappa shape index (κ2) is 10.5. The van der Waals surface area contributed by atoms with E-state index in [4.69, 9.17) is 4.74 Å². The second-order valence-corrected chi connectivity index (χ2v) is 4.87. The molecule has 3 heteroatoms. The Hall–Kier alpha value is -0.700. The van der Waals surface area contributed by atoms with Crippen molar-refractivity contribution in [2.45, 2.75) is 38.4 Å². The molecule has 2 nitrogen and oxygen atoms in total. The topological polar surface area (TPSA) is 26.3 Å². The molecular formula is C14H24O2S. The summed E-state index contributed by atoms with van der Waals surface area (Å²) in [5.41, 5.74) is 0. The van der Waals surface area contributed by atoms with Gasteiger partial charge in [0, 0.05) is 11.3 Å². The minimum absolute atomic E-state index is 0.259. The van der Waals surface area contributed by atoms with E-state index in [1.54, 1.807) is 11.8 Å². The molecular weight excluding hydrogens is 232 g/mol. The van der Waals surface area contributed by atoms with Crippen molar-refractivity contribution in [2.75, 3.05) is 12.9 Å². The molecule has 0 fully saturated rings. The third-order valence-corrected chi connectivity index (χ3v) is 3.65. The molecule has 0 aromatic rings. The quantitative estimate of drug-likeness (QED) is 0.356. The Balaban J connectivity index is 4.36. The highest BCUT2D eigenvalue weighted by Crippen LogP contribution is 2.24. The number of hydrogen-bond acceptors (Lipinski definition) is 3. The van der Waals surface area contributed by atoms with E-state index in [1.807, 2.05) is 19.1 Å². The number of esters is 1. The van der Waals surface area contributed by atoms with Crippen LogP contribution in [0.25, 0.3) is 0 Å². The summed E-state index contributed by atoms with van der Waals surface area (Å²) < 4.78 is 4.87. The van der Waals surface area contributed by atoms with Crippen molar-refractivity contribution in [3.05, 3.63) is 24.8 Å². The van der Waals surface area contributed by atoms with Crippen LogP contribution >= 0.6 is 11.8 Å². The number of thioether (sulfide) groups is 1. The van der Waals surface area contributed by atoms with Crippen LogP contribution in [0.1, 0.15) is 33.1 Å². The van der Waals surface area contributed by atoms with Crippen molar-refractivity contribution in [3.63, 3.8) is 0 Å². The zero-order valence-corrected chi connectivity index (χ0v) is 12.0. The summed E-state index contributed by atoms with van der Waals surface area (Å²) >= 11 is 1.75. The number of carbonyl (C=O) groups is 1. The summed E-state index contributed by atoms with van der Waals surface area (Å²) in [7, 11) is 0. The Morgan fingerprint density at radius 3 is 2.65 bits per heavy atom.